The lowest BCUT2D eigenvalue weighted by molar-refractivity contribution is -0.170. The van der Waals surface area contributed by atoms with Crippen molar-refractivity contribution in [3.8, 4) is 0 Å². The van der Waals surface area contributed by atoms with Gasteiger partial charge in [0.25, 0.3) is 0 Å². The van der Waals surface area contributed by atoms with E-state index in [9.17, 15) is 27.1 Å². The molecule has 0 amide bonds. The lowest BCUT2D eigenvalue weighted by atomic mass is 9.73. The zero-order valence-electron chi connectivity index (χ0n) is 13.3. The topological polar surface area (TPSA) is 101 Å². The molecule has 0 aliphatic heterocycles. The number of aliphatic hydroxyl groups is 1. The van der Waals surface area contributed by atoms with Crippen LogP contribution in [0.4, 0.5) is 8.78 Å². The highest BCUT2D eigenvalue weighted by atomic mass is 32.2. The van der Waals surface area contributed by atoms with Crippen LogP contribution in [0.15, 0.2) is 0 Å². The quantitative estimate of drug-likeness (QED) is 0.581. The molecule has 3 aliphatic carbocycles. The Morgan fingerprint density at radius 1 is 1.25 bits per heavy atom. The summed E-state index contributed by atoms with van der Waals surface area (Å²) in [6, 6.07) is 0. The van der Waals surface area contributed by atoms with E-state index in [1.165, 1.54) is 0 Å². The number of carbonyl (C=O) groups is 1. The van der Waals surface area contributed by atoms with E-state index < -0.39 is 33.0 Å². The third-order valence-electron chi connectivity index (χ3n) is 6.18. The predicted molar refractivity (Wildman–Crippen MR) is 78.7 cm³/mol. The summed E-state index contributed by atoms with van der Waals surface area (Å²) in [5.41, 5.74) is -0.709. The summed E-state index contributed by atoms with van der Waals surface area (Å²) < 4.78 is 61.0. The Labute approximate surface area is 139 Å². The van der Waals surface area contributed by atoms with Gasteiger partial charge in [-0.25, -0.2) is 4.79 Å². The average molecular weight is 368 g/mol. The second-order valence-corrected chi connectivity index (χ2v) is 9.15. The van der Waals surface area contributed by atoms with E-state index >= 15 is 0 Å². The molecule has 3 fully saturated rings. The molecule has 2 bridgehead atoms. The Bertz CT molecular complexity index is 632. The number of hydrogen-bond acceptors (Lipinski definition) is 5. The first kappa shape index (κ1) is 18.0. The van der Waals surface area contributed by atoms with Gasteiger partial charge in [-0.05, 0) is 62.7 Å². The molecule has 3 saturated carbocycles. The summed E-state index contributed by atoms with van der Waals surface area (Å²) in [4.78, 5) is 11.4. The first-order valence-electron chi connectivity index (χ1n) is 8.22. The second kappa shape index (κ2) is 5.60. The fraction of sp³-hybridized carbons (Fsp3) is 0.933. The Hall–Kier alpha value is -0.800. The van der Waals surface area contributed by atoms with Gasteiger partial charge < -0.3 is 9.84 Å². The van der Waals surface area contributed by atoms with E-state index in [4.69, 9.17) is 9.29 Å². The number of esters is 1. The molecule has 9 heteroatoms. The van der Waals surface area contributed by atoms with Gasteiger partial charge >= 0.3 is 21.3 Å². The molecule has 0 spiro atoms. The summed E-state index contributed by atoms with van der Waals surface area (Å²) in [7, 11) is -5.84. The molecule has 6 unspecified atom stereocenters. The van der Waals surface area contributed by atoms with E-state index in [1.807, 2.05) is 6.92 Å². The van der Waals surface area contributed by atoms with E-state index in [0.717, 1.165) is 25.7 Å². The standard InChI is InChI=1S/C15H22F2O6S/c1-14(19)4-2-3-11(14)10-6-9-5-8(10)7-12(9)23-13(18)15(16,17)24(20,21)22/h8-12,19H,2-7H2,1H3,(H,20,21,22). The minimum atomic E-state index is -5.84. The molecule has 0 aromatic rings. The number of alkyl halides is 2. The smallest absolute Gasteiger partial charge is 0.457 e. The summed E-state index contributed by atoms with van der Waals surface area (Å²) in [5.74, 6) is -1.68. The van der Waals surface area contributed by atoms with Crippen LogP contribution < -0.4 is 0 Å². The molecule has 6 nitrogen and oxygen atoms in total. The van der Waals surface area contributed by atoms with Crippen molar-refractivity contribution < 1.29 is 36.4 Å². The second-order valence-electron chi connectivity index (χ2n) is 7.68. The average Bonchev–Trinajstić information content (AvgIpc) is 3.10. The minimum Gasteiger partial charge on any atom is -0.457 e. The maximum Gasteiger partial charge on any atom is 0.465 e. The van der Waals surface area contributed by atoms with Gasteiger partial charge in [0.05, 0.1) is 5.60 Å². The SMILES string of the molecule is CC1(O)CCCC1C1CC2CC1CC2OC(=O)C(F)(F)S(=O)(=O)O. The van der Waals surface area contributed by atoms with Gasteiger partial charge in [-0.1, -0.05) is 6.42 Å². The molecular formula is C15H22F2O6S. The van der Waals surface area contributed by atoms with Crippen molar-refractivity contribution in [2.24, 2.45) is 23.7 Å². The minimum absolute atomic E-state index is 0.0995. The molecule has 24 heavy (non-hydrogen) atoms. The number of rotatable bonds is 4. The third kappa shape index (κ3) is 2.84. The first-order valence-corrected chi connectivity index (χ1v) is 9.66. The van der Waals surface area contributed by atoms with Crippen molar-refractivity contribution in [2.45, 2.75) is 62.4 Å². The fourth-order valence-electron chi connectivity index (χ4n) is 5.07. The van der Waals surface area contributed by atoms with E-state index in [1.54, 1.807) is 0 Å². The van der Waals surface area contributed by atoms with Crippen LogP contribution in [-0.2, 0) is 19.6 Å². The highest BCUT2D eigenvalue weighted by Gasteiger charge is 2.58. The Morgan fingerprint density at radius 2 is 1.92 bits per heavy atom. The maximum absolute atomic E-state index is 13.3. The van der Waals surface area contributed by atoms with Crippen molar-refractivity contribution in [1.82, 2.24) is 0 Å². The van der Waals surface area contributed by atoms with Gasteiger partial charge in [0.2, 0.25) is 0 Å². The van der Waals surface area contributed by atoms with Crippen LogP contribution in [0.1, 0.15) is 45.4 Å². The molecular weight excluding hydrogens is 346 g/mol. The van der Waals surface area contributed by atoms with E-state index in [-0.39, 0.29) is 23.7 Å². The summed E-state index contributed by atoms with van der Waals surface area (Å²) in [6.45, 7) is 1.83. The molecule has 6 atom stereocenters. The van der Waals surface area contributed by atoms with Gasteiger partial charge in [-0.15, -0.1) is 0 Å². The number of fused-ring (bicyclic) bond motifs is 2. The third-order valence-corrected chi connectivity index (χ3v) is 7.00. The Balaban J connectivity index is 1.63. The van der Waals surface area contributed by atoms with E-state index in [2.05, 4.69) is 0 Å². The Kier molecular flexibility index (Phi) is 4.20. The molecule has 138 valence electrons. The van der Waals surface area contributed by atoms with Crippen molar-refractivity contribution in [1.29, 1.82) is 0 Å². The molecule has 0 aromatic heterocycles. The fourth-order valence-corrected chi connectivity index (χ4v) is 5.33. The lowest BCUT2D eigenvalue weighted by Crippen LogP contribution is -2.43. The molecule has 0 aromatic carbocycles. The van der Waals surface area contributed by atoms with Gasteiger partial charge in [0.1, 0.15) is 6.10 Å². The lowest BCUT2D eigenvalue weighted by Gasteiger charge is -2.37. The van der Waals surface area contributed by atoms with Crippen molar-refractivity contribution in [2.75, 3.05) is 0 Å². The molecule has 3 rings (SSSR count). The zero-order valence-corrected chi connectivity index (χ0v) is 14.1. The van der Waals surface area contributed by atoms with Crippen LogP contribution in [0.3, 0.4) is 0 Å². The summed E-state index contributed by atoms with van der Waals surface area (Å²) >= 11 is 0. The number of hydrogen-bond donors (Lipinski definition) is 2. The van der Waals surface area contributed by atoms with Crippen molar-refractivity contribution in [3.05, 3.63) is 0 Å². The van der Waals surface area contributed by atoms with Crippen LogP contribution >= 0.6 is 0 Å². The predicted octanol–water partition coefficient (Wildman–Crippen LogP) is 1.98. The molecule has 3 aliphatic rings. The monoisotopic (exact) mass is 368 g/mol. The van der Waals surface area contributed by atoms with Crippen molar-refractivity contribution >= 4 is 16.1 Å². The van der Waals surface area contributed by atoms with Gasteiger partial charge in [0, 0.05) is 0 Å². The van der Waals surface area contributed by atoms with Crippen molar-refractivity contribution in [3.63, 3.8) is 0 Å². The van der Waals surface area contributed by atoms with Crippen LogP contribution in [-0.4, -0.2) is 41.0 Å². The number of carbonyl (C=O) groups excluding carboxylic acids is 1. The first-order chi connectivity index (χ1) is 10.9. The molecule has 0 saturated heterocycles. The van der Waals surface area contributed by atoms with Crippen LogP contribution in [0.25, 0.3) is 0 Å². The van der Waals surface area contributed by atoms with Gasteiger partial charge in [-0.2, -0.15) is 17.2 Å². The normalized spacial score (nSPS) is 42.5. The van der Waals surface area contributed by atoms with E-state index in [0.29, 0.717) is 12.8 Å². The number of halogens is 2. The summed E-state index contributed by atoms with van der Waals surface area (Å²) in [5, 5.41) is 5.53. The zero-order chi connectivity index (χ0) is 17.9. The number of ether oxygens (including phenoxy) is 1. The van der Waals surface area contributed by atoms with Crippen LogP contribution in [0.5, 0.6) is 0 Å². The highest BCUT2D eigenvalue weighted by molar-refractivity contribution is 7.87. The molecule has 2 N–H and O–H groups in total. The molecule has 0 heterocycles. The van der Waals surface area contributed by atoms with Crippen LogP contribution in [0.2, 0.25) is 0 Å². The summed E-state index contributed by atoms with van der Waals surface area (Å²) in [6.07, 6.45) is 3.71. The van der Waals surface area contributed by atoms with Crippen LogP contribution in [0, 0.1) is 23.7 Å². The Morgan fingerprint density at radius 3 is 2.38 bits per heavy atom. The highest BCUT2D eigenvalue weighted by Crippen LogP contribution is 2.57. The van der Waals surface area contributed by atoms with Gasteiger partial charge in [0.15, 0.2) is 0 Å². The maximum atomic E-state index is 13.3. The molecule has 0 radical (unpaired) electrons. The van der Waals surface area contributed by atoms with Gasteiger partial charge in [-0.3, -0.25) is 4.55 Å². The largest absolute Gasteiger partial charge is 0.465 e.